The second-order valence-electron chi connectivity index (χ2n) is 19.7. The number of esters is 1. The van der Waals surface area contributed by atoms with Gasteiger partial charge in [0.2, 0.25) is 17.5 Å². The van der Waals surface area contributed by atoms with Crippen LogP contribution in [0, 0.1) is 5.41 Å². The molecule has 0 saturated carbocycles. The van der Waals surface area contributed by atoms with Crippen molar-refractivity contribution in [1.82, 2.24) is 10.6 Å². The van der Waals surface area contributed by atoms with Gasteiger partial charge in [-0.15, -0.1) is 0 Å². The number of amides is 2. The molecule has 5 rings (SSSR count). The van der Waals surface area contributed by atoms with Gasteiger partial charge in [-0.05, 0) is 106 Å². The van der Waals surface area contributed by atoms with Gasteiger partial charge >= 0.3 is 5.97 Å². The monoisotopic (exact) mass is 1160 g/mol. The average molecular weight is 1160 g/mol. The van der Waals surface area contributed by atoms with Crippen LogP contribution in [-0.4, -0.2) is 143 Å². The van der Waals surface area contributed by atoms with E-state index in [1.807, 2.05) is 0 Å². The Labute approximate surface area is 444 Å². The molecule has 0 bridgehead atoms. The molecule has 0 radical (unpaired) electrons. The lowest BCUT2D eigenvalue weighted by Crippen LogP contribution is -2.53. The van der Waals surface area contributed by atoms with Crippen LogP contribution >= 0.6 is 0 Å². The van der Waals surface area contributed by atoms with Gasteiger partial charge in [0.25, 0.3) is 50.6 Å². The normalized spacial score (nSPS) is 19.7. The minimum absolute atomic E-state index is 0.0220. The number of nitrogens with one attached hydrogen (secondary N) is 2. The van der Waals surface area contributed by atoms with Crippen LogP contribution in [0.2, 0.25) is 0 Å². The number of rotatable bonds is 25. The molecule has 420 valence electrons. The second kappa shape index (κ2) is 23.8. The fourth-order valence-electron chi connectivity index (χ4n) is 9.67. The molecular formula is C48H65N4O19S5+. The van der Waals surface area contributed by atoms with E-state index in [1.165, 1.54) is 36.4 Å². The minimum atomic E-state index is -4.69. The third-order valence-corrected chi connectivity index (χ3v) is 17.4. The molecule has 0 spiro atoms. The first-order valence-corrected chi connectivity index (χ1v) is 31.8. The van der Waals surface area contributed by atoms with Gasteiger partial charge in [0.05, 0.1) is 39.1 Å². The standard InChI is InChI=1S/C48H64N4O19S5/c1-6-71-43(53)12-8-7-9-21-49-44(54)48(45(55)50-22-27-74(62,63)64)31-33(13-19-41-46(2,3)37-29-35(75(65,66)67)15-17-39(37)51(41)23-10-25-72(56,57)58)28-34(32-48)14-20-42-47(4,5)38-30-36(76(68,69)70)16-18-40(38)52(42)24-11-26-73(59,60)61/h13-20,28-30H,6-12,21-27,31-32H2,1-5H3,(H6-,49,50,54,55,56,57,58,59,60,61,62,63,64,65,66,67,68,69,70)/p+1. The molecule has 0 saturated heterocycles. The van der Waals surface area contributed by atoms with Crippen molar-refractivity contribution in [2.75, 3.05) is 54.9 Å². The summed E-state index contributed by atoms with van der Waals surface area (Å²) in [6, 6.07) is 7.76. The molecule has 1 atom stereocenters. The lowest BCUT2D eigenvalue weighted by Gasteiger charge is -2.35. The number of hydrogen-bond donors (Lipinski definition) is 7. The largest absolute Gasteiger partial charge is 0.466 e. The number of benzene rings is 2. The Bertz CT molecular complexity index is 3360. The molecule has 7 N–H and O–H groups in total. The van der Waals surface area contributed by atoms with Crippen LogP contribution in [0.1, 0.15) is 97.1 Å². The van der Waals surface area contributed by atoms with Gasteiger partial charge in [-0.2, -0.15) is 46.7 Å². The maximum absolute atomic E-state index is 14.8. The highest BCUT2D eigenvalue weighted by Gasteiger charge is 2.49. The van der Waals surface area contributed by atoms with Crippen molar-refractivity contribution in [3.63, 3.8) is 0 Å². The third-order valence-electron chi connectivity index (χ3n) is 13.3. The number of anilines is 1. The summed E-state index contributed by atoms with van der Waals surface area (Å²) in [5.41, 5.74) is -0.954. The average Bonchev–Trinajstić information content (AvgIpc) is 3.63. The van der Waals surface area contributed by atoms with Crippen LogP contribution in [0.3, 0.4) is 0 Å². The van der Waals surface area contributed by atoms with Crippen LogP contribution in [-0.2, 0) is 80.5 Å². The van der Waals surface area contributed by atoms with Crippen LogP contribution in [0.15, 0.2) is 93.4 Å². The molecule has 3 aliphatic rings. The minimum Gasteiger partial charge on any atom is -0.466 e. The topological polar surface area (TPSA) is 363 Å². The summed E-state index contributed by atoms with van der Waals surface area (Å²) in [6.07, 6.45) is 8.62. The summed E-state index contributed by atoms with van der Waals surface area (Å²) in [5.74, 6) is -4.29. The zero-order chi connectivity index (χ0) is 56.9. The summed E-state index contributed by atoms with van der Waals surface area (Å²) in [4.78, 5) is 42.3. The Morgan fingerprint density at radius 2 is 1.25 bits per heavy atom. The predicted octanol–water partition coefficient (Wildman–Crippen LogP) is 4.23. The molecule has 23 nitrogen and oxygen atoms in total. The summed E-state index contributed by atoms with van der Waals surface area (Å²) >= 11 is 0. The van der Waals surface area contributed by atoms with Crippen molar-refractivity contribution in [1.29, 1.82) is 0 Å². The van der Waals surface area contributed by atoms with E-state index in [0.717, 1.165) is 0 Å². The molecule has 28 heteroatoms. The zero-order valence-corrected chi connectivity index (χ0v) is 46.6. The summed E-state index contributed by atoms with van der Waals surface area (Å²) in [5, 5.41) is 5.31. The molecule has 2 aromatic carbocycles. The number of hydrogen-bond acceptors (Lipinski definition) is 15. The molecular weight excluding hydrogens is 1100 g/mol. The van der Waals surface area contributed by atoms with Crippen molar-refractivity contribution in [2.24, 2.45) is 5.41 Å². The van der Waals surface area contributed by atoms with Gasteiger partial charge in [-0.3, -0.25) is 37.1 Å². The number of ether oxygens (including phenoxy) is 1. The van der Waals surface area contributed by atoms with E-state index in [0.29, 0.717) is 64.3 Å². The van der Waals surface area contributed by atoms with E-state index >= 15 is 0 Å². The number of carbonyl (C=O) groups excluding carboxylic acids is 3. The first-order valence-electron chi connectivity index (χ1n) is 24.0. The Morgan fingerprint density at radius 3 is 1.84 bits per heavy atom. The number of allylic oxidation sites excluding steroid dienone is 8. The maximum atomic E-state index is 14.8. The molecule has 2 heterocycles. The van der Waals surface area contributed by atoms with Gasteiger partial charge in [0, 0.05) is 67.0 Å². The molecule has 2 amide bonds. The number of nitrogens with zero attached hydrogens (tertiary/aromatic N) is 2. The molecule has 1 unspecified atom stereocenters. The van der Waals surface area contributed by atoms with Crippen LogP contribution in [0.4, 0.5) is 11.4 Å². The van der Waals surface area contributed by atoms with Crippen LogP contribution in [0.25, 0.3) is 0 Å². The smallest absolute Gasteiger partial charge is 0.305 e. The van der Waals surface area contributed by atoms with Crippen molar-refractivity contribution in [3.05, 3.63) is 94.7 Å². The number of carbonyl (C=O) groups is 3. The van der Waals surface area contributed by atoms with E-state index in [4.69, 9.17) is 4.74 Å². The van der Waals surface area contributed by atoms with Gasteiger partial charge in [0.15, 0.2) is 5.71 Å². The summed E-state index contributed by atoms with van der Waals surface area (Å²) in [6.45, 7) is 8.22. The van der Waals surface area contributed by atoms with Crippen LogP contribution in [0.5, 0.6) is 0 Å². The fraction of sp³-hybridized carbons (Fsp3) is 0.500. The second-order valence-corrected chi connectivity index (χ2v) is 27.3. The van der Waals surface area contributed by atoms with E-state index in [2.05, 4.69) is 10.6 Å². The van der Waals surface area contributed by atoms with Gasteiger partial charge in [0.1, 0.15) is 12.0 Å². The zero-order valence-electron chi connectivity index (χ0n) is 42.6. The number of fused-ring (bicyclic) bond motifs is 2. The third kappa shape index (κ3) is 15.7. The molecule has 1 aliphatic carbocycles. The van der Waals surface area contributed by atoms with E-state index in [1.54, 1.807) is 74.5 Å². The molecule has 2 aromatic rings. The fourth-order valence-corrected chi connectivity index (χ4v) is 12.0. The van der Waals surface area contributed by atoms with Gasteiger partial charge < -0.3 is 20.3 Å². The highest BCUT2D eigenvalue weighted by atomic mass is 32.2. The van der Waals surface area contributed by atoms with E-state index in [9.17, 15) is 79.2 Å². The first-order chi connectivity index (χ1) is 35.0. The molecule has 0 aromatic heterocycles. The van der Waals surface area contributed by atoms with E-state index < -0.39 is 118 Å². The van der Waals surface area contributed by atoms with Crippen LogP contribution < -0.4 is 15.5 Å². The SMILES string of the molecule is CCOC(=O)CCCCCNC(=O)C1(C(=O)NCCS(=O)(=O)O)CC(/C=C/C2=[N+](CCCS(=O)(=O)O)c3ccc(S(=O)(=O)O)cc3C2(C)C)=CC(=C/C=C2/N(CCCS(=O)(=O)O)c3ccc(S(=O)(=O)O)cc3C2(C)C)/C1. The first kappa shape index (κ1) is 61.7. The predicted molar refractivity (Wildman–Crippen MR) is 280 cm³/mol. The Kier molecular flexibility index (Phi) is 19.3. The Morgan fingerprint density at radius 1 is 0.671 bits per heavy atom. The lowest BCUT2D eigenvalue weighted by molar-refractivity contribution is -0.437. The molecule has 0 fully saturated rings. The van der Waals surface area contributed by atoms with Crippen molar-refractivity contribution in [2.45, 2.75) is 107 Å². The van der Waals surface area contributed by atoms with Gasteiger partial charge in [-0.1, -0.05) is 38.5 Å². The number of unbranched alkanes of at least 4 members (excludes halogenated alkanes) is 2. The molecule has 2 aliphatic heterocycles. The Balaban J connectivity index is 1.71. The quantitative estimate of drug-likeness (QED) is 0.0240. The highest BCUT2D eigenvalue weighted by Crippen LogP contribution is 2.49. The lowest BCUT2D eigenvalue weighted by atomic mass is 9.70. The highest BCUT2D eigenvalue weighted by molar-refractivity contribution is 7.86. The summed E-state index contributed by atoms with van der Waals surface area (Å²) < 4.78 is 175. The Hall–Kier alpha value is -5.17. The summed E-state index contributed by atoms with van der Waals surface area (Å²) in [7, 11) is -22.8. The van der Waals surface area contributed by atoms with Gasteiger partial charge in [-0.25, -0.2) is 0 Å². The van der Waals surface area contributed by atoms with Crippen molar-refractivity contribution in [3.8, 4) is 0 Å². The molecule has 76 heavy (non-hydrogen) atoms. The van der Waals surface area contributed by atoms with Crippen molar-refractivity contribution < 1.29 is 88.5 Å². The maximum Gasteiger partial charge on any atom is 0.305 e. The van der Waals surface area contributed by atoms with E-state index in [-0.39, 0.29) is 58.3 Å². The van der Waals surface area contributed by atoms with Crippen molar-refractivity contribution >= 4 is 85.5 Å².